The van der Waals surface area contributed by atoms with Crippen molar-refractivity contribution in [3.8, 4) is 22.8 Å². The van der Waals surface area contributed by atoms with Crippen LogP contribution in [0.3, 0.4) is 0 Å². The van der Waals surface area contributed by atoms with Gasteiger partial charge in [-0.15, -0.1) is 0 Å². The molecule has 3 atom stereocenters. The molecule has 3 aromatic rings. The molecular weight excluding hydrogens is 576 g/mol. The summed E-state index contributed by atoms with van der Waals surface area (Å²) in [6, 6.07) is 6.84. The quantitative estimate of drug-likeness (QED) is 0.152. The fourth-order valence-corrected chi connectivity index (χ4v) is 6.42. The van der Waals surface area contributed by atoms with E-state index in [-0.39, 0.29) is 24.2 Å². The first-order valence-electron chi connectivity index (χ1n) is 16.1. The van der Waals surface area contributed by atoms with Gasteiger partial charge in [-0.25, -0.2) is 9.97 Å². The van der Waals surface area contributed by atoms with Gasteiger partial charge in [0.25, 0.3) is 0 Å². The summed E-state index contributed by atoms with van der Waals surface area (Å²) in [5.41, 5.74) is 2.43. The Labute approximate surface area is 260 Å². The fourth-order valence-electron chi connectivity index (χ4n) is 5.67. The molecule has 0 radical (unpaired) electrons. The molecule has 0 aromatic carbocycles. The summed E-state index contributed by atoms with van der Waals surface area (Å²) in [7, 11) is 0.389. The number of rotatable bonds is 15. The van der Waals surface area contributed by atoms with Crippen LogP contribution >= 0.6 is 0 Å². The lowest BCUT2D eigenvalue weighted by Gasteiger charge is -2.22. The first kappa shape index (κ1) is 31.0. The minimum Gasteiger partial charge on any atom is -0.490 e. The Morgan fingerprint density at radius 1 is 1.14 bits per heavy atom. The molecule has 3 aliphatic rings. The molecule has 1 amide bonds. The summed E-state index contributed by atoms with van der Waals surface area (Å²) in [6.45, 7) is 9.46. The van der Waals surface area contributed by atoms with Gasteiger partial charge in [0.2, 0.25) is 11.8 Å². The topological polar surface area (TPSA) is 106 Å². The zero-order chi connectivity index (χ0) is 30.7. The summed E-state index contributed by atoms with van der Waals surface area (Å²) < 4.78 is 31.7. The number of nitrogens with zero attached hydrogens (tertiary/aromatic N) is 3. The SMILES string of the molecule is COc1nccc(OC2CC2)c1-c1cn(COCC[Si](C)(C)C)c2nc(NC(=O)[C@@H]3C[C@H]3CCOC3CCCCO3)ccc12. The Morgan fingerprint density at radius 3 is 2.75 bits per heavy atom. The Morgan fingerprint density at radius 2 is 2.00 bits per heavy atom. The number of pyridine rings is 2. The van der Waals surface area contributed by atoms with Crippen molar-refractivity contribution in [2.75, 3.05) is 32.2 Å². The second-order valence-corrected chi connectivity index (χ2v) is 19.1. The van der Waals surface area contributed by atoms with E-state index < -0.39 is 8.07 Å². The van der Waals surface area contributed by atoms with E-state index in [0.717, 1.165) is 85.5 Å². The van der Waals surface area contributed by atoms with Gasteiger partial charge in [-0.05, 0) is 75.1 Å². The van der Waals surface area contributed by atoms with Gasteiger partial charge in [0.1, 0.15) is 23.9 Å². The molecule has 1 aliphatic heterocycles. The molecule has 10 nitrogen and oxygen atoms in total. The van der Waals surface area contributed by atoms with Crippen molar-refractivity contribution >= 4 is 30.8 Å². The van der Waals surface area contributed by atoms with E-state index in [1.54, 1.807) is 13.3 Å². The van der Waals surface area contributed by atoms with Crippen LogP contribution in [0, 0.1) is 11.8 Å². The Balaban J connectivity index is 1.19. The Bertz CT molecular complexity index is 1450. The molecule has 0 spiro atoms. The largest absolute Gasteiger partial charge is 0.490 e. The van der Waals surface area contributed by atoms with Crippen molar-refractivity contribution in [1.82, 2.24) is 14.5 Å². The molecule has 3 fully saturated rings. The molecule has 1 saturated heterocycles. The maximum atomic E-state index is 13.2. The first-order valence-corrected chi connectivity index (χ1v) is 19.8. The number of aromatic nitrogens is 3. The minimum absolute atomic E-state index is 0.00882. The van der Waals surface area contributed by atoms with Gasteiger partial charge in [-0.2, -0.15) is 0 Å². The highest BCUT2D eigenvalue weighted by Gasteiger charge is 2.42. The third-order valence-electron chi connectivity index (χ3n) is 8.55. The van der Waals surface area contributed by atoms with Crippen LogP contribution in [0.25, 0.3) is 22.2 Å². The average molecular weight is 623 g/mol. The van der Waals surface area contributed by atoms with Crippen LogP contribution in [-0.2, 0) is 25.7 Å². The number of carbonyl (C=O) groups is 1. The molecule has 6 rings (SSSR count). The van der Waals surface area contributed by atoms with E-state index in [0.29, 0.717) is 37.6 Å². The van der Waals surface area contributed by atoms with Crippen molar-refractivity contribution in [1.29, 1.82) is 0 Å². The molecule has 2 aliphatic carbocycles. The van der Waals surface area contributed by atoms with E-state index in [4.69, 9.17) is 28.7 Å². The van der Waals surface area contributed by atoms with E-state index in [9.17, 15) is 4.79 Å². The van der Waals surface area contributed by atoms with Gasteiger partial charge < -0.3 is 33.6 Å². The monoisotopic (exact) mass is 622 g/mol. The van der Waals surface area contributed by atoms with Crippen molar-refractivity contribution in [2.45, 2.75) is 89.8 Å². The predicted octanol–water partition coefficient (Wildman–Crippen LogP) is 6.47. The smallest absolute Gasteiger partial charge is 0.228 e. The van der Waals surface area contributed by atoms with E-state index in [1.165, 1.54) is 0 Å². The summed E-state index contributed by atoms with van der Waals surface area (Å²) >= 11 is 0. The third kappa shape index (κ3) is 7.80. The van der Waals surface area contributed by atoms with Crippen molar-refractivity contribution in [3.63, 3.8) is 0 Å². The molecule has 44 heavy (non-hydrogen) atoms. The predicted molar refractivity (Wildman–Crippen MR) is 172 cm³/mol. The average Bonchev–Trinajstić information content (AvgIpc) is 3.94. The number of methoxy groups -OCH3 is 1. The molecular formula is C33H46N4O6Si. The lowest BCUT2D eigenvalue weighted by molar-refractivity contribution is -0.163. The molecule has 1 N–H and O–H groups in total. The molecule has 0 bridgehead atoms. The summed E-state index contributed by atoms with van der Waals surface area (Å²) in [5, 5.41) is 3.98. The second-order valence-electron chi connectivity index (χ2n) is 13.5. The Kier molecular flexibility index (Phi) is 9.55. The van der Waals surface area contributed by atoms with Crippen LogP contribution in [0.4, 0.5) is 5.82 Å². The maximum absolute atomic E-state index is 13.2. The maximum Gasteiger partial charge on any atom is 0.228 e. The van der Waals surface area contributed by atoms with E-state index in [1.807, 2.05) is 29.0 Å². The third-order valence-corrected chi connectivity index (χ3v) is 10.3. The molecule has 4 heterocycles. The number of carbonyl (C=O) groups excluding carboxylic acids is 1. The lowest BCUT2D eigenvalue weighted by Crippen LogP contribution is -2.23. The molecule has 238 valence electrons. The van der Waals surface area contributed by atoms with Crippen LogP contribution in [-0.4, -0.2) is 67.8 Å². The van der Waals surface area contributed by atoms with Crippen LogP contribution in [0.5, 0.6) is 11.6 Å². The van der Waals surface area contributed by atoms with Gasteiger partial charge in [0, 0.05) is 50.5 Å². The van der Waals surface area contributed by atoms with E-state index >= 15 is 0 Å². The van der Waals surface area contributed by atoms with E-state index in [2.05, 4.69) is 29.9 Å². The zero-order valence-electron chi connectivity index (χ0n) is 26.5. The van der Waals surface area contributed by atoms with Crippen molar-refractivity contribution < 1.29 is 28.5 Å². The number of hydrogen-bond acceptors (Lipinski definition) is 8. The standard InChI is InChI=1S/C33H46N4O6Si/c1-39-33-30(27(12-14-34-33)43-23-8-9-23)26-20-37(21-40-17-18-44(2,3)4)31-24(26)10-11-28(35-31)36-32(38)25-19-22(25)13-16-42-29-7-5-6-15-41-29/h10-12,14,20,22-23,25,29H,5-9,13,15-19,21H2,1-4H3,(H,35,36,38)/t22-,25-,29?/m1/s1. The first-order chi connectivity index (χ1) is 21.3. The fraction of sp³-hybridized carbons (Fsp3) is 0.606. The number of anilines is 1. The number of amides is 1. The van der Waals surface area contributed by atoms with Gasteiger partial charge in [0.15, 0.2) is 6.29 Å². The van der Waals surface area contributed by atoms with Gasteiger partial charge in [-0.1, -0.05) is 19.6 Å². The highest BCUT2D eigenvalue weighted by atomic mass is 28.3. The van der Waals surface area contributed by atoms with Crippen LogP contribution in [0.15, 0.2) is 30.6 Å². The highest BCUT2D eigenvalue weighted by molar-refractivity contribution is 6.76. The number of ether oxygens (including phenoxy) is 5. The normalized spacial score (nSPS) is 21.8. The van der Waals surface area contributed by atoms with Gasteiger partial charge in [0.05, 0.1) is 25.4 Å². The highest BCUT2D eigenvalue weighted by Crippen LogP contribution is 2.44. The lowest BCUT2D eigenvalue weighted by atomic mass is 10.1. The zero-order valence-corrected chi connectivity index (χ0v) is 27.5. The molecule has 3 aromatic heterocycles. The van der Waals surface area contributed by atoms with Crippen LogP contribution in [0.1, 0.15) is 44.9 Å². The van der Waals surface area contributed by atoms with Crippen molar-refractivity contribution in [3.05, 3.63) is 30.6 Å². The summed E-state index contributed by atoms with van der Waals surface area (Å²) in [6.07, 6.45) is 10.9. The Hall–Kier alpha value is -2.99. The number of nitrogens with one attached hydrogen (secondary N) is 1. The molecule has 11 heteroatoms. The number of hydrogen-bond donors (Lipinski definition) is 1. The minimum atomic E-state index is -1.23. The summed E-state index contributed by atoms with van der Waals surface area (Å²) in [4.78, 5) is 22.6. The van der Waals surface area contributed by atoms with Crippen molar-refractivity contribution in [2.24, 2.45) is 11.8 Å². The number of fused-ring (bicyclic) bond motifs is 1. The van der Waals surface area contributed by atoms with Gasteiger partial charge in [-0.3, -0.25) is 4.79 Å². The second kappa shape index (κ2) is 13.6. The van der Waals surface area contributed by atoms with Crippen LogP contribution in [0.2, 0.25) is 25.7 Å². The van der Waals surface area contributed by atoms with Gasteiger partial charge >= 0.3 is 0 Å². The van der Waals surface area contributed by atoms with Crippen LogP contribution < -0.4 is 14.8 Å². The molecule has 2 saturated carbocycles. The molecule has 1 unspecified atom stereocenters. The summed E-state index contributed by atoms with van der Waals surface area (Å²) in [5.74, 6) is 2.10.